The Hall–Kier alpha value is -0.930. The average molecular weight is 261 g/mol. The fraction of sp³-hybridized carbons (Fsp3) is 0.688. The largest absolute Gasteiger partial charge is 0.314 e. The Kier molecular flexibility index (Phi) is 5.80. The molecule has 2 unspecified atom stereocenters. The predicted molar refractivity (Wildman–Crippen MR) is 80.2 cm³/mol. The van der Waals surface area contributed by atoms with E-state index in [1.807, 2.05) is 12.4 Å². The number of likely N-dealkylation sites (tertiary alicyclic amines) is 1. The quantitative estimate of drug-likeness (QED) is 0.852. The number of hydrogen-bond acceptors (Lipinski definition) is 3. The van der Waals surface area contributed by atoms with Crippen molar-refractivity contribution in [3.05, 3.63) is 30.1 Å². The molecule has 3 nitrogen and oxygen atoms in total. The Morgan fingerprint density at radius 2 is 2.16 bits per heavy atom. The molecule has 0 saturated carbocycles. The van der Waals surface area contributed by atoms with Gasteiger partial charge < -0.3 is 10.2 Å². The summed E-state index contributed by atoms with van der Waals surface area (Å²) in [4.78, 5) is 6.68. The topological polar surface area (TPSA) is 28.2 Å². The van der Waals surface area contributed by atoms with Crippen LogP contribution in [0.5, 0.6) is 0 Å². The molecule has 1 aliphatic rings. The van der Waals surface area contributed by atoms with Crippen molar-refractivity contribution in [1.29, 1.82) is 0 Å². The fourth-order valence-corrected chi connectivity index (χ4v) is 2.90. The van der Waals surface area contributed by atoms with Crippen LogP contribution in [0, 0.1) is 5.92 Å². The lowest BCUT2D eigenvalue weighted by Gasteiger charge is -2.37. The van der Waals surface area contributed by atoms with Crippen molar-refractivity contribution in [2.45, 2.75) is 39.2 Å². The zero-order valence-corrected chi connectivity index (χ0v) is 12.3. The molecule has 2 heterocycles. The lowest BCUT2D eigenvalue weighted by molar-refractivity contribution is 0.149. The molecule has 3 heteroatoms. The van der Waals surface area contributed by atoms with E-state index in [0.29, 0.717) is 0 Å². The van der Waals surface area contributed by atoms with Crippen LogP contribution in [0.2, 0.25) is 0 Å². The second-order valence-corrected chi connectivity index (χ2v) is 5.73. The van der Waals surface area contributed by atoms with Gasteiger partial charge in [-0.15, -0.1) is 0 Å². The zero-order valence-electron chi connectivity index (χ0n) is 12.3. The van der Waals surface area contributed by atoms with Gasteiger partial charge in [0.15, 0.2) is 0 Å². The molecule has 2 rings (SSSR count). The second kappa shape index (κ2) is 7.61. The molecular formula is C16H27N3. The van der Waals surface area contributed by atoms with E-state index in [9.17, 15) is 0 Å². The molecule has 0 aliphatic carbocycles. The molecular weight excluding hydrogens is 234 g/mol. The molecule has 106 valence electrons. The molecule has 0 aromatic carbocycles. The number of pyridine rings is 1. The molecule has 0 radical (unpaired) electrons. The van der Waals surface area contributed by atoms with Crippen LogP contribution in [0.25, 0.3) is 0 Å². The summed E-state index contributed by atoms with van der Waals surface area (Å²) in [6, 6.07) is 4.97. The Balaban J connectivity index is 1.73. The summed E-state index contributed by atoms with van der Waals surface area (Å²) < 4.78 is 0. The molecule has 19 heavy (non-hydrogen) atoms. The molecule has 1 saturated heterocycles. The maximum Gasteiger partial charge on any atom is 0.0270 e. The number of piperidine rings is 1. The zero-order chi connectivity index (χ0) is 13.5. The normalized spacial score (nSPS) is 24.5. The van der Waals surface area contributed by atoms with E-state index in [-0.39, 0.29) is 0 Å². The highest BCUT2D eigenvalue weighted by Crippen LogP contribution is 2.17. The lowest BCUT2D eigenvalue weighted by atomic mass is 9.93. The van der Waals surface area contributed by atoms with Crippen LogP contribution < -0.4 is 5.32 Å². The minimum absolute atomic E-state index is 0.720. The Morgan fingerprint density at radius 1 is 1.37 bits per heavy atom. The summed E-state index contributed by atoms with van der Waals surface area (Å²) in [5.41, 5.74) is 1.40. The SMILES string of the molecule is CCCNC1CCN(CCc2ccncc2)CC1C. The summed E-state index contributed by atoms with van der Waals surface area (Å²) in [6.07, 6.45) is 7.44. The number of nitrogens with zero attached hydrogens (tertiary/aromatic N) is 2. The van der Waals surface area contributed by atoms with Gasteiger partial charge in [0.1, 0.15) is 0 Å². The third-order valence-corrected chi connectivity index (χ3v) is 4.11. The van der Waals surface area contributed by atoms with Gasteiger partial charge in [-0.25, -0.2) is 0 Å². The van der Waals surface area contributed by atoms with E-state index in [1.165, 1.54) is 38.0 Å². The lowest BCUT2D eigenvalue weighted by Crippen LogP contribution is -2.48. The van der Waals surface area contributed by atoms with Gasteiger partial charge in [0.2, 0.25) is 0 Å². The first kappa shape index (κ1) is 14.5. The molecule has 0 bridgehead atoms. The number of aromatic nitrogens is 1. The highest BCUT2D eigenvalue weighted by atomic mass is 15.1. The van der Waals surface area contributed by atoms with Crippen LogP contribution in [-0.2, 0) is 6.42 Å². The third kappa shape index (κ3) is 4.59. The van der Waals surface area contributed by atoms with Crippen LogP contribution in [0.15, 0.2) is 24.5 Å². The third-order valence-electron chi connectivity index (χ3n) is 4.11. The van der Waals surface area contributed by atoms with Crippen molar-refractivity contribution in [2.75, 3.05) is 26.2 Å². The van der Waals surface area contributed by atoms with Crippen molar-refractivity contribution in [1.82, 2.24) is 15.2 Å². The van der Waals surface area contributed by atoms with Gasteiger partial charge in [-0.2, -0.15) is 0 Å². The summed E-state index contributed by atoms with van der Waals surface area (Å²) in [5.74, 6) is 0.762. The number of nitrogens with one attached hydrogen (secondary N) is 1. The molecule has 1 fully saturated rings. The number of rotatable bonds is 6. The molecule has 1 aromatic rings. The van der Waals surface area contributed by atoms with Gasteiger partial charge in [-0.3, -0.25) is 4.98 Å². The minimum atomic E-state index is 0.720. The van der Waals surface area contributed by atoms with Crippen molar-refractivity contribution < 1.29 is 0 Å². The van der Waals surface area contributed by atoms with Crippen molar-refractivity contribution in [3.8, 4) is 0 Å². The van der Waals surface area contributed by atoms with E-state index in [0.717, 1.165) is 24.9 Å². The second-order valence-electron chi connectivity index (χ2n) is 5.73. The summed E-state index contributed by atoms with van der Waals surface area (Å²) in [7, 11) is 0. The molecule has 1 aliphatic heterocycles. The highest BCUT2D eigenvalue weighted by Gasteiger charge is 2.24. The molecule has 0 spiro atoms. The minimum Gasteiger partial charge on any atom is -0.314 e. The highest BCUT2D eigenvalue weighted by molar-refractivity contribution is 5.10. The first-order chi connectivity index (χ1) is 9.29. The van der Waals surface area contributed by atoms with Gasteiger partial charge >= 0.3 is 0 Å². The molecule has 1 N–H and O–H groups in total. The Bertz CT molecular complexity index is 352. The van der Waals surface area contributed by atoms with Crippen molar-refractivity contribution in [2.24, 2.45) is 5.92 Å². The molecule has 0 amide bonds. The van der Waals surface area contributed by atoms with E-state index < -0.39 is 0 Å². The first-order valence-electron chi connectivity index (χ1n) is 7.64. The van der Waals surface area contributed by atoms with Crippen molar-refractivity contribution >= 4 is 0 Å². The van der Waals surface area contributed by atoms with Crippen LogP contribution in [0.4, 0.5) is 0 Å². The van der Waals surface area contributed by atoms with Crippen LogP contribution in [0.3, 0.4) is 0 Å². The van der Waals surface area contributed by atoms with Gasteiger partial charge in [-0.1, -0.05) is 13.8 Å². The van der Waals surface area contributed by atoms with Crippen molar-refractivity contribution in [3.63, 3.8) is 0 Å². The number of hydrogen-bond donors (Lipinski definition) is 1. The van der Waals surface area contributed by atoms with Gasteiger partial charge in [0.25, 0.3) is 0 Å². The summed E-state index contributed by atoms with van der Waals surface area (Å²) >= 11 is 0. The molecule has 1 aromatic heterocycles. The van der Waals surface area contributed by atoms with Crippen LogP contribution >= 0.6 is 0 Å². The monoisotopic (exact) mass is 261 g/mol. The van der Waals surface area contributed by atoms with E-state index in [4.69, 9.17) is 0 Å². The summed E-state index contributed by atoms with van der Waals surface area (Å²) in [6.45, 7) is 9.41. The van der Waals surface area contributed by atoms with Gasteiger partial charge in [0.05, 0.1) is 0 Å². The predicted octanol–water partition coefficient (Wildman–Crippen LogP) is 2.33. The van der Waals surface area contributed by atoms with Crippen LogP contribution in [0.1, 0.15) is 32.3 Å². The summed E-state index contributed by atoms with van der Waals surface area (Å²) in [5, 5.41) is 3.68. The molecule has 2 atom stereocenters. The standard InChI is InChI=1S/C16H27N3/c1-3-8-18-16-7-12-19(13-14(16)2)11-6-15-4-9-17-10-5-15/h4-5,9-10,14,16,18H,3,6-8,11-13H2,1-2H3. The van der Waals surface area contributed by atoms with E-state index in [2.05, 4.69) is 41.2 Å². The fourth-order valence-electron chi connectivity index (χ4n) is 2.90. The first-order valence-corrected chi connectivity index (χ1v) is 7.64. The van der Waals surface area contributed by atoms with E-state index in [1.54, 1.807) is 0 Å². The Morgan fingerprint density at radius 3 is 2.84 bits per heavy atom. The smallest absolute Gasteiger partial charge is 0.0270 e. The van der Waals surface area contributed by atoms with Gasteiger partial charge in [0, 0.05) is 31.5 Å². The van der Waals surface area contributed by atoms with Gasteiger partial charge in [-0.05, 0) is 56.0 Å². The van der Waals surface area contributed by atoms with Crippen LogP contribution in [-0.4, -0.2) is 42.1 Å². The maximum absolute atomic E-state index is 4.07. The Labute approximate surface area is 117 Å². The maximum atomic E-state index is 4.07. The van der Waals surface area contributed by atoms with E-state index >= 15 is 0 Å². The average Bonchev–Trinajstić information content (AvgIpc) is 2.45.